The van der Waals surface area contributed by atoms with Crippen molar-refractivity contribution in [3.05, 3.63) is 20.8 Å². The van der Waals surface area contributed by atoms with Crippen LogP contribution in [-0.4, -0.2) is 25.2 Å². The molecule has 1 atom stereocenters. The number of nitrogens with one attached hydrogen (secondary N) is 1. The first kappa shape index (κ1) is 13.1. The zero-order valence-electron chi connectivity index (χ0n) is 9.58. The van der Waals surface area contributed by atoms with Gasteiger partial charge in [-0.25, -0.2) is 0 Å². The van der Waals surface area contributed by atoms with Crippen molar-refractivity contribution < 1.29 is 9.53 Å². The number of amides is 1. The number of ether oxygens (including phenoxy) is 1. The first-order valence-corrected chi connectivity index (χ1v) is 7.57. The normalized spacial score (nSPS) is 20.2. The molecule has 0 aliphatic carbocycles. The van der Waals surface area contributed by atoms with E-state index in [1.807, 2.05) is 11.4 Å². The Morgan fingerprint density at radius 1 is 1.59 bits per heavy atom. The largest absolute Gasteiger partial charge is 0.378 e. The predicted octanol–water partition coefficient (Wildman–Crippen LogP) is 3.20. The van der Waals surface area contributed by atoms with Gasteiger partial charge in [0.1, 0.15) is 0 Å². The molecule has 2 rings (SSSR count). The van der Waals surface area contributed by atoms with Gasteiger partial charge >= 0.3 is 0 Å². The summed E-state index contributed by atoms with van der Waals surface area (Å²) < 4.78 is 6.60. The van der Waals surface area contributed by atoms with E-state index in [1.165, 1.54) is 24.2 Å². The van der Waals surface area contributed by atoms with Crippen LogP contribution in [0.3, 0.4) is 0 Å². The SMILES string of the molecule is O=C(NCCC1CCCCO1)c1csc(Br)c1. The maximum atomic E-state index is 11.7. The topological polar surface area (TPSA) is 38.3 Å². The van der Waals surface area contributed by atoms with Gasteiger partial charge in [-0.05, 0) is 47.7 Å². The highest BCUT2D eigenvalue weighted by atomic mass is 79.9. The molecule has 94 valence electrons. The molecule has 1 unspecified atom stereocenters. The highest BCUT2D eigenvalue weighted by molar-refractivity contribution is 9.11. The van der Waals surface area contributed by atoms with Crippen molar-refractivity contribution in [2.24, 2.45) is 0 Å². The highest BCUT2D eigenvalue weighted by Crippen LogP contribution is 2.20. The van der Waals surface area contributed by atoms with E-state index >= 15 is 0 Å². The maximum Gasteiger partial charge on any atom is 0.252 e. The molecule has 5 heteroatoms. The minimum Gasteiger partial charge on any atom is -0.378 e. The first-order valence-electron chi connectivity index (χ1n) is 5.89. The van der Waals surface area contributed by atoms with Crippen LogP contribution in [0, 0.1) is 0 Å². The molecular formula is C12H16BrNO2S. The van der Waals surface area contributed by atoms with E-state index in [1.54, 1.807) is 0 Å². The predicted molar refractivity (Wildman–Crippen MR) is 72.6 cm³/mol. The summed E-state index contributed by atoms with van der Waals surface area (Å²) in [6.07, 6.45) is 4.79. The van der Waals surface area contributed by atoms with E-state index in [-0.39, 0.29) is 5.91 Å². The fraction of sp³-hybridized carbons (Fsp3) is 0.583. The Labute approximate surface area is 114 Å². The van der Waals surface area contributed by atoms with Crippen molar-refractivity contribution >= 4 is 33.2 Å². The fourth-order valence-electron chi connectivity index (χ4n) is 1.91. The molecule has 0 bridgehead atoms. The van der Waals surface area contributed by atoms with Crippen molar-refractivity contribution in [1.82, 2.24) is 5.32 Å². The number of halogens is 1. The standard InChI is InChI=1S/C12H16BrNO2S/c13-11-7-9(8-17-11)12(15)14-5-4-10-3-1-2-6-16-10/h7-8,10H,1-6H2,(H,14,15). The third-order valence-electron chi connectivity index (χ3n) is 2.86. The van der Waals surface area contributed by atoms with E-state index in [0.29, 0.717) is 12.6 Å². The minimum atomic E-state index is 0.00256. The van der Waals surface area contributed by atoms with Gasteiger partial charge in [0.25, 0.3) is 5.91 Å². The van der Waals surface area contributed by atoms with E-state index < -0.39 is 0 Å². The molecule has 17 heavy (non-hydrogen) atoms. The Kier molecular flexibility index (Phi) is 5.00. The molecule has 3 nitrogen and oxygen atoms in total. The van der Waals surface area contributed by atoms with Gasteiger partial charge in [0, 0.05) is 18.5 Å². The Morgan fingerprint density at radius 3 is 3.12 bits per heavy atom. The summed E-state index contributed by atoms with van der Waals surface area (Å²) in [6.45, 7) is 1.56. The Balaban J connectivity index is 1.69. The average molecular weight is 318 g/mol. The quantitative estimate of drug-likeness (QED) is 0.926. The van der Waals surface area contributed by atoms with Crippen LogP contribution < -0.4 is 5.32 Å². The number of carbonyl (C=O) groups excluding carboxylic acids is 1. The van der Waals surface area contributed by atoms with Crippen LogP contribution >= 0.6 is 27.3 Å². The van der Waals surface area contributed by atoms with Crippen molar-refractivity contribution in [3.8, 4) is 0 Å². The van der Waals surface area contributed by atoms with Crippen LogP contribution in [0.1, 0.15) is 36.0 Å². The highest BCUT2D eigenvalue weighted by Gasteiger charge is 2.14. The molecule has 0 spiro atoms. The van der Waals surface area contributed by atoms with Gasteiger partial charge in [0.15, 0.2) is 0 Å². The second-order valence-electron chi connectivity index (χ2n) is 4.17. The molecule has 1 amide bonds. The lowest BCUT2D eigenvalue weighted by Gasteiger charge is -2.22. The number of hydrogen-bond acceptors (Lipinski definition) is 3. The summed E-state index contributed by atoms with van der Waals surface area (Å²) in [5.41, 5.74) is 0.728. The van der Waals surface area contributed by atoms with Gasteiger partial charge < -0.3 is 10.1 Å². The smallest absolute Gasteiger partial charge is 0.252 e. The van der Waals surface area contributed by atoms with Gasteiger partial charge in [-0.1, -0.05) is 0 Å². The third kappa shape index (κ3) is 4.08. The molecule has 1 aromatic rings. The number of thiophene rings is 1. The lowest BCUT2D eigenvalue weighted by atomic mass is 10.1. The van der Waals surface area contributed by atoms with E-state index in [0.717, 1.165) is 28.8 Å². The van der Waals surface area contributed by atoms with Crippen LogP contribution in [0.4, 0.5) is 0 Å². The Morgan fingerprint density at radius 2 is 2.47 bits per heavy atom. The molecule has 0 radical (unpaired) electrons. The molecular weight excluding hydrogens is 302 g/mol. The average Bonchev–Trinajstić information content (AvgIpc) is 2.77. The zero-order valence-corrected chi connectivity index (χ0v) is 12.0. The number of rotatable bonds is 4. The fourth-order valence-corrected chi connectivity index (χ4v) is 3.05. The molecule has 2 heterocycles. The van der Waals surface area contributed by atoms with Crippen LogP contribution in [0.15, 0.2) is 15.2 Å². The molecule has 1 aromatic heterocycles. The van der Waals surface area contributed by atoms with Crippen molar-refractivity contribution in [1.29, 1.82) is 0 Å². The maximum absolute atomic E-state index is 11.7. The minimum absolute atomic E-state index is 0.00256. The lowest BCUT2D eigenvalue weighted by molar-refractivity contribution is 0.0117. The lowest BCUT2D eigenvalue weighted by Crippen LogP contribution is -2.29. The zero-order chi connectivity index (χ0) is 12.1. The van der Waals surface area contributed by atoms with Gasteiger partial charge in [0.05, 0.1) is 15.5 Å². The molecule has 1 N–H and O–H groups in total. The van der Waals surface area contributed by atoms with Gasteiger partial charge in [-0.3, -0.25) is 4.79 Å². The Hall–Kier alpha value is -0.390. The van der Waals surface area contributed by atoms with E-state index in [4.69, 9.17) is 4.74 Å². The summed E-state index contributed by atoms with van der Waals surface area (Å²) in [6, 6.07) is 1.84. The first-order chi connectivity index (χ1) is 8.25. The molecule has 1 aliphatic rings. The summed E-state index contributed by atoms with van der Waals surface area (Å²) in [4.78, 5) is 11.7. The summed E-state index contributed by atoms with van der Waals surface area (Å²) in [5.74, 6) is 0.00256. The molecule has 1 aliphatic heterocycles. The third-order valence-corrected chi connectivity index (χ3v) is 4.36. The molecule has 1 saturated heterocycles. The van der Waals surface area contributed by atoms with Crippen LogP contribution in [0.2, 0.25) is 0 Å². The van der Waals surface area contributed by atoms with E-state index in [2.05, 4.69) is 21.2 Å². The summed E-state index contributed by atoms with van der Waals surface area (Å²) in [7, 11) is 0. The van der Waals surface area contributed by atoms with Crippen molar-refractivity contribution in [3.63, 3.8) is 0 Å². The van der Waals surface area contributed by atoms with Gasteiger partial charge in [0.2, 0.25) is 0 Å². The van der Waals surface area contributed by atoms with Crippen LogP contribution in [0.5, 0.6) is 0 Å². The van der Waals surface area contributed by atoms with Crippen LogP contribution in [0.25, 0.3) is 0 Å². The van der Waals surface area contributed by atoms with Crippen molar-refractivity contribution in [2.45, 2.75) is 31.8 Å². The molecule has 1 fully saturated rings. The molecule has 0 aromatic carbocycles. The number of carbonyl (C=O) groups is 1. The Bertz CT molecular complexity index is 374. The van der Waals surface area contributed by atoms with E-state index in [9.17, 15) is 4.79 Å². The molecule has 0 saturated carbocycles. The summed E-state index contributed by atoms with van der Waals surface area (Å²) >= 11 is 4.88. The van der Waals surface area contributed by atoms with Gasteiger partial charge in [-0.2, -0.15) is 0 Å². The summed E-state index contributed by atoms with van der Waals surface area (Å²) in [5, 5.41) is 4.78. The van der Waals surface area contributed by atoms with Crippen molar-refractivity contribution in [2.75, 3.05) is 13.2 Å². The van der Waals surface area contributed by atoms with Crippen LogP contribution in [-0.2, 0) is 4.74 Å². The second-order valence-corrected chi connectivity index (χ2v) is 6.46. The number of hydrogen-bond donors (Lipinski definition) is 1. The second kappa shape index (κ2) is 6.52. The van der Waals surface area contributed by atoms with Gasteiger partial charge in [-0.15, -0.1) is 11.3 Å². The monoisotopic (exact) mass is 317 g/mol.